The number of carbonyl (C=O) groups excluding carboxylic acids is 1. The molecular formula is C24H30N2O3S. The van der Waals surface area contributed by atoms with Gasteiger partial charge in [-0.05, 0) is 74.9 Å². The molecule has 4 rings (SSSR count). The van der Waals surface area contributed by atoms with Gasteiger partial charge in [0.25, 0.3) is 0 Å². The molecule has 5 nitrogen and oxygen atoms in total. The molecule has 2 aromatic rings. The second-order valence-electron chi connectivity index (χ2n) is 8.60. The molecule has 2 aliphatic rings. The van der Waals surface area contributed by atoms with Gasteiger partial charge in [-0.2, -0.15) is 0 Å². The van der Waals surface area contributed by atoms with Gasteiger partial charge in [-0.1, -0.05) is 31.0 Å². The van der Waals surface area contributed by atoms with Gasteiger partial charge in [0, 0.05) is 24.5 Å². The fourth-order valence-electron chi connectivity index (χ4n) is 4.87. The molecule has 1 saturated carbocycles. The number of amides is 1. The van der Waals surface area contributed by atoms with Crippen molar-refractivity contribution in [2.75, 3.05) is 23.3 Å². The zero-order chi connectivity index (χ0) is 21.5. The molecule has 30 heavy (non-hydrogen) atoms. The van der Waals surface area contributed by atoms with Crippen LogP contribution < -0.4 is 10.2 Å². The average molecular weight is 427 g/mol. The number of hydrogen-bond acceptors (Lipinski definition) is 4. The summed E-state index contributed by atoms with van der Waals surface area (Å²) in [7, 11) is -3.82. The Bertz CT molecular complexity index is 1090. The first-order valence-electron chi connectivity index (χ1n) is 10.8. The van der Waals surface area contributed by atoms with E-state index in [1.165, 1.54) is 5.56 Å². The summed E-state index contributed by atoms with van der Waals surface area (Å²) < 4.78 is 26.1. The normalized spacial score (nSPS) is 17.8. The zero-order valence-corrected chi connectivity index (χ0v) is 18.8. The van der Waals surface area contributed by atoms with Crippen LogP contribution in [-0.4, -0.2) is 32.2 Å². The van der Waals surface area contributed by atoms with Crippen molar-refractivity contribution >= 4 is 27.1 Å². The Morgan fingerprint density at radius 3 is 2.53 bits per heavy atom. The van der Waals surface area contributed by atoms with Gasteiger partial charge in [-0.25, -0.2) is 8.42 Å². The van der Waals surface area contributed by atoms with Crippen LogP contribution in [-0.2, 0) is 21.1 Å². The lowest BCUT2D eigenvalue weighted by Crippen LogP contribution is -2.47. The number of sulfone groups is 1. The van der Waals surface area contributed by atoms with E-state index in [0.717, 1.165) is 43.6 Å². The lowest BCUT2D eigenvalue weighted by atomic mass is 10.1. The van der Waals surface area contributed by atoms with Gasteiger partial charge in [-0.3, -0.25) is 4.79 Å². The Morgan fingerprint density at radius 1 is 1.10 bits per heavy atom. The third-order valence-corrected chi connectivity index (χ3v) is 9.33. The first-order chi connectivity index (χ1) is 14.3. The number of likely N-dealkylation sites (N-methyl/N-ethyl adjacent to an activating group) is 1. The topological polar surface area (TPSA) is 66.5 Å². The smallest absolute Gasteiger partial charge is 0.246 e. The van der Waals surface area contributed by atoms with Gasteiger partial charge in [0.15, 0.2) is 14.6 Å². The number of anilines is 2. The van der Waals surface area contributed by atoms with E-state index < -0.39 is 20.5 Å². The van der Waals surface area contributed by atoms with Gasteiger partial charge in [0.05, 0.1) is 4.90 Å². The SMILES string of the molecule is CCN1CCc2ccc(NC(=O)C3(S(=O)(=O)c4cc(C)ccc4C)CCCC3)cc21. The average Bonchev–Trinajstić information content (AvgIpc) is 3.37. The molecule has 0 radical (unpaired) electrons. The van der Waals surface area contributed by atoms with Crippen molar-refractivity contribution in [3.05, 3.63) is 53.1 Å². The molecule has 0 spiro atoms. The van der Waals surface area contributed by atoms with E-state index in [4.69, 9.17) is 0 Å². The van der Waals surface area contributed by atoms with E-state index in [1.807, 2.05) is 37.3 Å². The van der Waals surface area contributed by atoms with Gasteiger partial charge in [-0.15, -0.1) is 0 Å². The maximum absolute atomic E-state index is 13.8. The van der Waals surface area contributed by atoms with Crippen LogP contribution >= 0.6 is 0 Å². The Labute approximate surface area is 179 Å². The van der Waals surface area contributed by atoms with Crippen LogP contribution in [0, 0.1) is 13.8 Å². The van der Waals surface area contributed by atoms with Gasteiger partial charge < -0.3 is 10.2 Å². The molecule has 0 aromatic heterocycles. The van der Waals surface area contributed by atoms with Crippen LogP contribution in [0.4, 0.5) is 11.4 Å². The monoisotopic (exact) mass is 426 g/mol. The molecule has 0 bridgehead atoms. The van der Waals surface area contributed by atoms with Crippen LogP contribution in [0.25, 0.3) is 0 Å². The number of hydrogen-bond donors (Lipinski definition) is 1. The minimum absolute atomic E-state index is 0.283. The van der Waals surface area contributed by atoms with Crippen LogP contribution in [0.2, 0.25) is 0 Å². The number of carbonyl (C=O) groups is 1. The molecule has 6 heteroatoms. The number of nitrogens with one attached hydrogen (secondary N) is 1. The quantitative estimate of drug-likeness (QED) is 0.769. The summed E-state index contributed by atoms with van der Waals surface area (Å²) in [6.45, 7) is 7.69. The first-order valence-corrected chi connectivity index (χ1v) is 12.3. The lowest BCUT2D eigenvalue weighted by Gasteiger charge is -2.29. The van der Waals surface area contributed by atoms with Crippen molar-refractivity contribution in [1.29, 1.82) is 0 Å². The Balaban J connectivity index is 1.70. The third-order valence-electron chi connectivity index (χ3n) is 6.69. The van der Waals surface area contributed by atoms with Crippen molar-refractivity contribution < 1.29 is 13.2 Å². The molecular weight excluding hydrogens is 396 g/mol. The number of fused-ring (bicyclic) bond motifs is 1. The van der Waals surface area contributed by atoms with Crippen LogP contribution in [0.15, 0.2) is 41.3 Å². The molecule has 0 unspecified atom stereocenters. The van der Waals surface area contributed by atoms with E-state index >= 15 is 0 Å². The summed E-state index contributed by atoms with van der Waals surface area (Å²) in [4.78, 5) is 16.1. The summed E-state index contributed by atoms with van der Waals surface area (Å²) in [5, 5.41) is 2.96. The largest absolute Gasteiger partial charge is 0.371 e. The number of aryl methyl sites for hydroxylation is 2. The predicted molar refractivity (Wildman–Crippen MR) is 121 cm³/mol. The highest BCUT2D eigenvalue weighted by atomic mass is 32.2. The van der Waals surface area contributed by atoms with Crippen molar-refractivity contribution in [2.24, 2.45) is 0 Å². The highest BCUT2D eigenvalue weighted by Gasteiger charge is 2.53. The van der Waals surface area contributed by atoms with Crippen molar-refractivity contribution in [3.8, 4) is 0 Å². The van der Waals surface area contributed by atoms with Crippen molar-refractivity contribution in [3.63, 3.8) is 0 Å². The molecule has 1 fully saturated rings. The second-order valence-corrected chi connectivity index (χ2v) is 10.8. The summed E-state index contributed by atoms with van der Waals surface area (Å²) in [6, 6.07) is 11.3. The molecule has 160 valence electrons. The summed E-state index contributed by atoms with van der Waals surface area (Å²) in [5.74, 6) is -0.401. The summed E-state index contributed by atoms with van der Waals surface area (Å²) in [6.07, 6.45) is 3.21. The number of rotatable bonds is 5. The van der Waals surface area contributed by atoms with Gasteiger partial charge >= 0.3 is 0 Å². The fraction of sp³-hybridized carbons (Fsp3) is 0.458. The minimum Gasteiger partial charge on any atom is -0.371 e. The molecule has 0 saturated heterocycles. The van der Waals surface area contributed by atoms with Crippen molar-refractivity contribution in [2.45, 2.75) is 62.5 Å². The Kier molecular flexibility index (Phi) is 5.39. The third kappa shape index (κ3) is 3.31. The predicted octanol–water partition coefficient (Wildman–Crippen LogP) is 4.41. The minimum atomic E-state index is -3.82. The molecule has 0 atom stereocenters. The van der Waals surface area contributed by atoms with E-state index in [0.29, 0.717) is 24.1 Å². The first kappa shape index (κ1) is 20.9. The molecule has 1 heterocycles. The van der Waals surface area contributed by atoms with Gasteiger partial charge in [0.2, 0.25) is 5.91 Å². The Morgan fingerprint density at radius 2 is 1.83 bits per heavy atom. The van der Waals surface area contributed by atoms with E-state index in [9.17, 15) is 13.2 Å². The standard InChI is InChI=1S/C24H30N2O3S/c1-4-26-14-11-19-9-10-20(16-21(19)26)25-23(27)24(12-5-6-13-24)30(28,29)22-15-17(2)7-8-18(22)3/h7-10,15-16H,4-6,11-14H2,1-3H3,(H,25,27). The zero-order valence-electron chi connectivity index (χ0n) is 18.0. The number of nitrogens with zero attached hydrogens (tertiary/aromatic N) is 1. The van der Waals surface area contributed by atoms with Crippen LogP contribution in [0.1, 0.15) is 49.3 Å². The van der Waals surface area contributed by atoms with Crippen LogP contribution in [0.5, 0.6) is 0 Å². The molecule has 1 N–H and O–H groups in total. The van der Waals surface area contributed by atoms with Crippen LogP contribution in [0.3, 0.4) is 0 Å². The van der Waals surface area contributed by atoms with E-state index in [-0.39, 0.29) is 4.90 Å². The van der Waals surface area contributed by atoms with E-state index in [1.54, 1.807) is 13.0 Å². The summed E-state index contributed by atoms with van der Waals surface area (Å²) in [5.41, 5.74) is 4.64. The fourth-order valence-corrected chi connectivity index (χ4v) is 7.24. The molecule has 1 aliphatic carbocycles. The maximum Gasteiger partial charge on any atom is 0.246 e. The van der Waals surface area contributed by atoms with E-state index in [2.05, 4.69) is 17.1 Å². The second kappa shape index (κ2) is 7.73. The number of benzene rings is 2. The Hall–Kier alpha value is -2.34. The highest BCUT2D eigenvalue weighted by molar-refractivity contribution is 7.93. The molecule has 2 aromatic carbocycles. The van der Waals surface area contributed by atoms with Gasteiger partial charge in [0.1, 0.15) is 0 Å². The molecule has 1 amide bonds. The van der Waals surface area contributed by atoms with Crippen molar-refractivity contribution in [1.82, 2.24) is 0 Å². The lowest BCUT2D eigenvalue weighted by molar-refractivity contribution is -0.118. The maximum atomic E-state index is 13.8. The molecule has 1 aliphatic heterocycles. The highest BCUT2D eigenvalue weighted by Crippen LogP contribution is 2.42. The summed E-state index contributed by atoms with van der Waals surface area (Å²) >= 11 is 0.